The molecule has 1 rings (SSSR count). The second kappa shape index (κ2) is 4.12. The number of anilines is 1. The van der Waals surface area contributed by atoms with Gasteiger partial charge in [0.1, 0.15) is 0 Å². The Morgan fingerprint density at radius 3 is 2.33 bits per heavy atom. The summed E-state index contributed by atoms with van der Waals surface area (Å²) in [5.41, 5.74) is 7.50. The lowest BCUT2D eigenvalue weighted by atomic mass is 10.2. The first-order valence-corrected chi connectivity index (χ1v) is 4.14. The standard InChI is InChI=1S/C10H15NO/c1-8(2)12-7-9-3-5-10(11)6-4-9/h3-6,8H,7,11H2,1-2H3. The Kier molecular flexibility index (Phi) is 3.11. The molecule has 0 saturated heterocycles. The number of hydrogen-bond acceptors (Lipinski definition) is 2. The summed E-state index contributed by atoms with van der Waals surface area (Å²) in [6.07, 6.45) is 0.280. The van der Waals surface area contributed by atoms with Crippen LogP contribution in [0.25, 0.3) is 0 Å². The van der Waals surface area contributed by atoms with Gasteiger partial charge in [-0.2, -0.15) is 0 Å². The molecule has 0 spiro atoms. The highest BCUT2D eigenvalue weighted by molar-refractivity contribution is 5.39. The number of ether oxygens (including phenoxy) is 1. The molecule has 2 nitrogen and oxygen atoms in total. The Morgan fingerprint density at radius 2 is 1.83 bits per heavy atom. The van der Waals surface area contributed by atoms with Crippen LogP contribution >= 0.6 is 0 Å². The van der Waals surface area contributed by atoms with Crippen LogP contribution < -0.4 is 5.73 Å². The maximum Gasteiger partial charge on any atom is 0.0720 e. The second-order valence-corrected chi connectivity index (χ2v) is 3.10. The SMILES string of the molecule is CC(C)OCc1ccc(N)cc1. The normalized spacial score (nSPS) is 10.6. The lowest BCUT2D eigenvalue weighted by molar-refractivity contribution is 0.0657. The van der Waals surface area contributed by atoms with Crippen LogP contribution in [-0.4, -0.2) is 6.10 Å². The van der Waals surface area contributed by atoms with Crippen LogP contribution in [0.15, 0.2) is 24.3 Å². The average molecular weight is 165 g/mol. The molecule has 0 bridgehead atoms. The zero-order valence-corrected chi connectivity index (χ0v) is 7.58. The van der Waals surface area contributed by atoms with Crippen molar-refractivity contribution in [2.24, 2.45) is 0 Å². The molecular formula is C10H15NO. The van der Waals surface area contributed by atoms with Gasteiger partial charge >= 0.3 is 0 Å². The van der Waals surface area contributed by atoms with Crippen molar-refractivity contribution in [3.05, 3.63) is 29.8 Å². The molecule has 1 aromatic carbocycles. The molecule has 0 aliphatic rings. The summed E-state index contributed by atoms with van der Waals surface area (Å²) in [7, 11) is 0. The predicted molar refractivity (Wildman–Crippen MR) is 50.8 cm³/mol. The van der Waals surface area contributed by atoms with Crippen molar-refractivity contribution in [3.8, 4) is 0 Å². The van der Waals surface area contributed by atoms with E-state index in [-0.39, 0.29) is 6.10 Å². The molecule has 66 valence electrons. The Balaban J connectivity index is 2.48. The van der Waals surface area contributed by atoms with Gasteiger partial charge in [0.2, 0.25) is 0 Å². The molecule has 2 N–H and O–H groups in total. The van der Waals surface area contributed by atoms with E-state index in [1.165, 1.54) is 0 Å². The molecule has 0 amide bonds. The fraction of sp³-hybridized carbons (Fsp3) is 0.400. The van der Waals surface area contributed by atoms with E-state index < -0.39 is 0 Å². The molecule has 12 heavy (non-hydrogen) atoms. The first-order chi connectivity index (χ1) is 5.68. The Hall–Kier alpha value is -1.02. The van der Waals surface area contributed by atoms with Crippen LogP contribution in [0.2, 0.25) is 0 Å². The van der Waals surface area contributed by atoms with Gasteiger partial charge in [-0.15, -0.1) is 0 Å². The lowest BCUT2D eigenvalue weighted by Gasteiger charge is -2.07. The first-order valence-electron chi connectivity index (χ1n) is 4.14. The van der Waals surface area contributed by atoms with Gasteiger partial charge in [-0.05, 0) is 31.5 Å². The molecular weight excluding hydrogens is 150 g/mol. The van der Waals surface area contributed by atoms with E-state index in [2.05, 4.69) is 0 Å². The molecule has 0 heterocycles. The molecule has 1 aromatic rings. The van der Waals surface area contributed by atoms with Crippen molar-refractivity contribution in [1.29, 1.82) is 0 Å². The fourth-order valence-electron chi connectivity index (χ4n) is 0.877. The van der Waals surface area contributed by atoms with Crippen LogP contribution in [0.4, 0.5) is 5.69 Å². The molecule has 0 unspecified atom stereocenters. The quantitative estimate of drug-likeness (QED) is 0.697. The number of hydrogen-bond donors (Lipinski definition) is 1. The van der Waals surface area contributed by atoms with Gasteiger partial charge in [0.15, 0.2) is 0 Å². The Bertz CT molecular complexity index is 228. The van der Waals surface area contributed by atoms with Gasteiger partial charge in [-0.3, -0.25) is 0 Å². The second-order valence-electron chi connectivity index (χ2n) is 3.10. The Labute approximate surface area is 73.3 Å². The molecule has 0 saturated carbocycles. The van der Waals surface area contributed by atoms with Crippen molar-refractivity contribution >= 4 is 5.69 Å². The number of nitrogen functional groups attached to an aromatic ring is 1. The van der Waals surface area contributed by atoms with Crippen molar-refractivity contribution in [3.63, 3.8) is 0 Å². The minimum absolute atomic E-state index is 0.280. The maximum absolute atomic E-state index is 5.54. The lowest BCUT2D eigenvalue weighted by Crippen LogP contribution is -2.02. The summed E-state index contributed by atoms with van der Waals surface area (Å²) in [6, 6.07) is 7.74. The van der Waals surface area contributed by atoms with Crippen LogP contribution in [0.1, 0.15) is 19.4 Å². The number of rotatable bonds is 3. The number of nitrogens with two attached hydrogens (primary N) is 1. The van der Waals surface area contributed by atoms with Crippen LogP contribution in [0.5, 0.6) is 0 Å². The monoisotopic (exact) mass is 165 g/mol. The largest absolute Gasteiger partial charge is 0.399 e. The average Bonchev–Trinajstić information content (AvgIpc) is 2.03. The third-order valence-electron chi connectivity index (χ3n) is 1.56. The summed E-state index contributed by atoms with van der Waals surface area (Å²) in [4.78, 5) is 0. The van der Waals surface area contributed by atoms with Crippen LogP contribution in [0, 0.1) is 0 Å². The summed E-state index contributed by atoms with van der Waals surface area (Å²) in [5, 5.41) is 0. The molecule has 0 aliphatic carbocycles. The van der Waals surface area contributed by atoms with E-state index >= 15 is 0 Å². The van der Waals surface area contributed by atoms with Gasteiger partial charge < -0.3 is 10.5 Å². The van der Waals surface area contributed by atoms with Crippen LogP contribution in [0.3, 0.4) is 0 Å². The van der Waals surface area contributed by atoms with Crippen molar-refractivity contribution in [2.75, 3.05) is 5.73 Å². The maximum atomic E-state index is 5.54. The van der Waals surface area contributed by atoms with Crippen molar-refractivity contribution < 1.29 is 4.74 Å². The molecule has 0 radical (unpaired) electrons. The van der Waals surface area contributed by atoms with E-state index in [9.17, 15) is 0 Å². The van der Waals surface area contributed by atoms with Crippen molar-refractivity contribution in [1.82, 2.24) is 0 Å². The molecule has 0 aliphatic heterocycles. The van der Waals surface area contributed by atoms with E-state index in [4.69, 9.17) is 10.5 Å². The summed E-state index contributed by atoms with van der Waals surface area (Å²) < 4.78 is 5.43. The topological polar surface area (TPSA) is 35.2 Å². The minimum Gasteiger partial charge on any atom is -0.399 e. The summed E-state index contributed by atoms with van der Waals surface area (Å²) in [6.45, 7) is 4.71. The summed E-state index contributed by atoms with van der Waals surface area (Å²) in [5.74, 6) is 0. The zero-order chi connectivity index (χ0) is 8.97. The van der Waals surface area contributed by atoms with E-state index in [0.29, 0.717) is 6.61 Å². The van der Waals surface area contributed by atoms with Gasteiger partial charge in [-0.25, -0.2) is 0 Å². The summed E-state index contributed by atoms with van der Waals surface area (Å²) >= 11 is 0. The third-order valence-corrected chi connectivity index (χ3v) is 1.56. The van der Waals surface area contributed by atoms with E-state index in [0.717, 1.165) is 11.3 Å². The smallest absolute Gasteiger partial charge is 0.0720 e. The van der Waals surface area contributed by atoms with Gasteiger partial charge in [0.05, 0.1) is 12.7 Å². The first kappa shape index (κ1) is 9.07. The highest BCUT2D eigenvalue weighted by Crippen LogP contribution is 2.07. The zero-order valence-electron chi connectivity index (χ0n) is 7.58. The highest BCUT2D eigenvalue weighted by Gasteiger charge is 1.95. The molecule has 0 aromatic heterocycles. The van der Waals surface area contributed by atoms with Crippen LogP contribution in [-0.2, 0) is 11.3 Å². The minimum atomic E-state index is 0.280. The third kappa shape index (κ3) is 2.93. The predicted octanol–water partition coefficient (Wildman–Crippen LogP) is 2.19. The fourth-order valence-corrected chi connectivity index (χ4v) is 0.877. The molecule has 2 heteroatoms. The Morgan fingerprint density at radius 1 is 1.25 bits per heavy atom. The van der Waals surface area contributed by atoms with Gasteiger partial charge in [0, 0.05) is 5.69 Å². The molecule has 0 fully saturated rings. The highest BCUT2D eigenvalue weighted by atomic mass is 16.5. The van der Waals surface area contributed by atoms with Crippen molar-refractivity contribution in [2.45, 2.75) is 26.6 Å². The van der Waals surface area contributed by atoms with Gasteiger partial charge in [0.25, 0.3) is 0 Å². The number of benzene rings is 1. The van der Waals surface area contributed by atoms with Gasteiger partial charge in [-0.1, -0.05) is 12.1 Å². The van der Waals surface area contributed by atoms with E-state index in [1.54, 1.807) is 0 Å². The van der Waals surface area contributed by atoms with E-state index in [1.807, 2.05) is 38.1 Å². The molecule has 0 atom stereocenters.